The molecule has 60 heavy (non-hydrogen) atoms. The number of nitrogens with zero attached hydrogens (tertiary/aromatic N) is 7. The van der Waals surface area contributed by atoms with Crippen LogP contribution in [-0.2, 0) is 0 Å². The van der Waals surface area contributed by atoms with Crippen molar-refractivity contribution < 1.29 is 0 Å². The summed E-state index contributed by atoms with van der Waals surface area (Å²) >= 11 is 0. The van der Waals surface area contributed by atoms with Gasteiger partial charge in [-0.15, -0.1) is 0 Å². The summed E-state index contributed by atoms with van der Waals surface area (Å²) in [6.45, 7) is -0.218. The molecule has 0 N–H and O–H groups in total. The van der Waals surface area contributed by atoms with Crippen molar-refractivity contribution in [3.05, 3.63) is 201 Å². The molecule has 9 heteroatoms. The summed E-state index contributed by atoms with van der Waals surface area (Å²) in [7, 11) is 0. The van der Waals surface area contributed by atoms with Gasteiger partial charge >= 0.3 is 0 Å². The van der Waals surface area contributed by atoms with Gasteiger partial charge < -0.3 is 9.80 Å². The first kappa shape index (κ1) is 33.1. The van der Waals surface area contributed by atoms with E-state index in [1.54, 1.807) is 6.33 Å². The van der Waals surface area contributed by atoms with Gasteiger partial charge in [-0.25, -0.2) is 15.0 Å². The molecule has 0 bridgehead atoms. The Balaban J connectivity index is 1.14. The summed E-state index contributed by atoms with van der Waals surface area (Å²) in [5.74, 6) is 1.84. The molecule has 0 unspecified atom stereocenters. The molecular weight excluding hydrogens is 732 g/mol. The molecule has 2 aromatic heterocycles. The first-order valence-corrected chi connectivity index (χ1v) is 20.4. The van der Waals surface area contributed by atoms with Crippen LogP contribution >= 0.6 is 0 Å². The van der Waals surface area contributed by atoms with E-state index in [-0.39, 0.29) is 13.4 Å². The van der Waals surface area contributed by atoms with Crippen molar-refractivity contribution in [2.24, 2.45) is 0 Å². The largest absolute Gasteiger partial charge is 0.311 e. The summed E-state index contributed by atoms with van der Waals surface area (Å²) in [6.07, 6.45) is 5.68. The molecule has 13 rings (SSSR count). The molecule has 0 fully saturated rings. The fraction of sp³-hybridized carbons (Fsp3) is 0. The number of hydrogen-bond acceptors (Lipinski definition) is 7. The highest BCUT2D eigenvalue weighted by molar-refractivity contribution is 7.03. The number of benzene rings is 7. The monoisotopic (exact) mass is 765 g/mol. The molecule has 4 aliphatic rings. The average Bonchev–Trinajstić information content (AvgIpc) is 3.32. The molecule has 7 nitrogen and oxygen atoms in total. The molecular formula is C51H33B2N7. The predicted octanol–water partition coefficient (Wildman–Crippen LogP) is 8.04. The zero-order valence-electron chi connectivity index (χ0n) is 32.3. The minimum absolute atomic E-state index is 0.0853. The molecule has 4 aliphatic heterocycles. The molecule has 0 amide bonds. The Morgan fingerprint density at radius 3 is 1.43 bits per heavy atom. The molecule has 0 spiro atoms. The van der Waals surface area contributed by atoms with Crippen molar-refractivity contribution in [3.63, 3.8) is 0 Å². The van der Waals surface area contributed by atoms with Crippen LogP contribution in [0.4, 0.5) is 68.5 Å². The van der Waals surface area contributed by atoms with Crippen molar-refractivity contribution in [3.8, 4) is 0 Å². The Bertz CT molecular complexity index is 2940. The van der Waals surface area contributed by atoms with Gasteiger partial charge in [0.2, 0.25) is 0 Å². The Kier molecular flexibility index (Phi) is 7.06. The van der Waals surface area contributed by atoms with E-state index < -0.39 is 0 Å². The van der Waals surface area contributed by atoms with Crippen LogP contribution in [-0.4, -0.2) is 28.4 Å². The number of pyridine rings is 1. The minimum atomic E-state index is -0.132. The van der Waals surface area contributed by atoms with E-state index in [1.165, 1.54) is 27.3 Å². The van der Waals surface area contributed by atoms with Gasteiger partial charge in [0.25, 0.3) is 13.4 Å². The Labute approximate surface area is 348 Å². The molecule has 7 aromatic carbocycles. The number of rotatable bonds is 4. The van der Waals surface area contributed by atoms with Crippen LogP contribution in [0.15, 0.2) is 201 Å². The number of anilines is 12. The second-order valence-electron chi connectivity index (χ2n) is 15.7. The summed E-state index contributed by atoms with van der Waals surface area (Å²) in [5.41, 5.74) is 18.3. The Hall–Kier alpha value is -7.90. The van der Waals surface area contributed by atoms with Crippen LogP contribution < -0.4 is 52.4 Å². The van der Waals surface area contributed by atoms with E-state index in [9.17, 15) is 0 Å². The van der Waals surface area contributed by atoms with Gasteiger partial charge in [0, 0.05) is 69.3 Å². The molecule has 6 heterocycles. The van der Waals surface area contributed by atoms with Gasteiger partial charge in [0.15, 0.2) is 0 Å². The third-order valence-electron chi connectivity index (χ3n) is 12.6. The highest BCUT2D eigenvalue weighted by Gasteiger charge is 2.48. The smallest absolute Gasteiger partial charge is 0.256 e. The van der Waals surface area contributed by atoms with Gasteiger partial charge in [-0.2, -0.15) is 0 Å². The highest BCUT2D eigenvalue weighted by atomic mass is 15.2. The Morgan fingerprint density at radius 2 is 0.817 bits per heavy atom. The number of hydrogen-bond donors (Lipinski definition) is 0. The summed E-state index contributed by atoms with van der Waals surface area (Å²) in [6, 6.07) is 65.5. The molecule has 0 atom stereocenters. The van der Waals surface area contributed by atoms with E-state index in [2.05, 4.69) is 202 Å². The van der Waals surface area contributed by atoms with Crippen LogP contribution in [0.3, 0.4) is 0 Å². The predicted molar refractivity (Wildman–Crippen MR) is 248 cm³/mol. The van der Waals surface area contributed by atoms with Crippen molar-refractivity contribution >= 4 is 115 Å². The van der Waals surface area contributed by atoms with Gasteiger partial charge in [-0.05, 0) is 112 Å². The average molecular weight is 765 g/mol. The standard InChI is InChI=1S/C51H33B2N7/c1-5-16-34(17-6-1)57-43-26-15-27-44-48(43)53(41-32-54-33-56-50(41)60(44)37-22-11-4-12-23-37)40-30-39-46(31-47(40)57)58(35-18-7-2-8-19-35)45-28-29-55-51-49(45)52(39)38-24-13-14-25-42(38)59(51)36-20-9-3-10-21-36/h1-33H. The maximum Gasteiger partial charge on any atom is 0.256 e. The van der Waals surface area contributed by atoms with Crippen molar-refractivity contribution in [2.75, 3.05) is 19.6 Å². The van der Waals surface area contributed by atoms with E-state index in [0.29, 0.717) is 0 Å². The molecule has 9 aromatic rings. The van der Waals surface area contributed by atoms with Gasteiger partial charge in [-0.3, -0.25) is 9.80 Å². The van der Waals surface area contributed by atoms with Crippen LogP contribution in [0.1, 0.15) is 0 Å². The molecule has 0 radical (unpaired) electrons. The number of fused-ring (bicyclic) bond motifs is 8. The maximum absolute atomic E-state index is 5.23. The SMILES string of the molecule is c1ccc(N2c3cc4c(cc3B3c5cncnc5N(c5ccccc5)c5cccc2c53)B2c3ccccc3N(c3ccccc3)c3nccc(c32)N4c2ccccc2)cc1. The summed E-state index contributed by atoms with van der Waals surface area (Å²) in [4.78, 5) is 24.5. The first-order valence-electron chi connectivity index (χ1n) is 20.4. The molecule has 0 saturated carbocycles. The lowest BCUT2D eigenvalue weighted by atomic mass is 9.30. The lowest BCUT2D eigenvalue weighted by molar-refractivity contribution is 1.12. The van der Waals surface area contributed by atoms with Crippen LogP contribution in [0.25, 0.3) is 0 Å². The van der Waals surface area contributed by atoms with Crippen molar-refractivity contribution in [2.45, 2.75) is 0 Å². The summed E-state index contributed by atoms with van der Waals surface area (Å²) < 4.78 is 0. The minimum Gasteiger partial charge on any atom is -0.311 e. The fourth-order valence-electron chi connectivity index (χ4n) is 10.3. The molecule has 278 valence electrons. The second kappa shape index (κ2) is 12.8. The van der Waals surface area contributed by atoms with Gasteiger partial charge in [-0.1, -0.05) is 103 Å². The maximum atomic E-state index is 5.23. The lowest BCUT2D eigenvalue weighted by Crippen LogP contribution is -2.65. The highest BCUT2D eigenvalue weighted by Crippen LogP contribution is 2.47. The zero-order chi connectivity index (χ0) is 39.3. The van der Waals surface area contributed by atoms with E-state index >= 15 is 0 Å². The third kappa shape index (κ3) is 4.60. The molecule has 0 saturated heterocycles. The zero-order valence-corrected chi connectivity index (χ0v) is 32.3. The van der Waals surface area contributed by atoms with Crippen molar-refractivity contribution in [1.82, 2.24) is 15.0 Å². The van der Waals surface area contributed by atoms with E-state index in [4.69, 9.17) is 15.0 Å². The number of para-hydroxylation sites is 5. The van der Waals surface area contributed by atoms with E-state index in [0.717, 1.165) is 74.0 Å². The van der Waals surface area contributed by atoms with Crippen molar-refractivity contribution in [1.29, 1.82) is 0 Å². The van der Waals surface area contributed by atoms with Crippen LogP contribution in [0.5, 0.6) is 0 Å². The van der Waals surface area contributed by atoms with E-state index in [1.807, 2.05) is 12.4 Å². The quantitative estimate of drug-likeness (QED) is 0.168. The summed E-state index contributed by atoms with van der Waals surface area (Å²) in [5, 5.41) is 0. The fourth-order valence-corrected chi connectivity index (χ4v) is 10.3. The van der Waals surface area contributed by atoms with Gasteiger partial charge in [0.05, 0.1) is 0 Å². The topological polar surface area (TPSA) is 51.6 Å². The van der Waals surface area contributed by atoms with Gasteiger partial charge in [0.1, 0.15) is 18.0 Å². The third-order valence-corrected chi connectivity index (χ3v) is 12.6. The lowest BCUT2D eigenvalue weighted by Gasteiger charge is -2.46. The normalized spacial score (nSPS) is 13.8. The number of aromatic nitrogens is 3. The first-order chi connectivity index (χ1) is 29.8. The second-order valence-corrected chi connectivity index (χ2v) is 15.7. The molecule has 0 aliphatic carbocycles. The van der Waals surface area contributed by atoms with Crippen LogP contribution in [0.2, 0.25) is 0 Å². The Morgan fingerprint density at radius 1 is 0.333 bits per heavy atom. The van der Waals surface area contributed by atoms with Crippen LogP contribution in [0, 0.1) is 0 Å².